The Balaban J connectivity index is 1.87. The maximum Gasteiger partial charge on any atom is 0.306 e. The number of piperidine rings is 1. The highest BCUT2D eigenvalue weighted by Gasteiger charge is 2.57. The van der Waals surface area contributed by atoms with Crippen molar-refractivity contribution in [2.45, 2.75) is 50.3 Å². The Morgan fingerprint density at radius 1 is 1.37 bits per heavy atom. The standard InChI is InChI=1S/C12H18ClNO4S/c1-14-8-2-3-9(14)5-12(4-8)6-11(15)18-10(12)7-19(13,16)17/h8-10H,2-7H2,1H3. The van der Waals surface area contributed by atoms with E-state index in [1.54, 1.807) is 0 Å². The van der Waals surface area contributed by atoms with Crippen LogP contribution in [0.2, 0.25) is 0 Å². The van der Waals surface area contributed by atoms with E-state index in [4.69, 9.17) is 15.4 Å². The molecule has 3 atom stereocenters. The first-order chi connectivity index (χ1) is 8.79. The summed E-state index contributed by atoms with van der Waals surface area (Å²) in [7, 11) is 3.81. The van der Waals surface area contributed by atoms with Crippen LogP contribution >= 0.6 is 10.7 Å². The molecule has 108 valence electrons. The van der Waals surface area contributed by atoms with Crippen LogP contribution < -0.4 is 0 Å². The number of carbonyl (C=O) groups is 1. The zero-order valence-electron chi connectivity index (χ0n) is 10.8. The quantitative estimate of drug-likeness (QED) is 0.565. The van der Waals surface area contributed by atoms with Gasteiger partial charge in [-0.1, -0.05) is 0 Å². The van der Waals surface area contributed by atoms with Crippen LogP contribution in [0.25, 0.3) is 0 Å². The number of halogens is 1. The van der Waals surface area contributed by atoms with Gasteiger partial charge in [0.05, 0.1) is 6.42 Å². The molecule has 3 aliphatic rings. The highest BCUT2D eigenvalue weighted by molar-refractivity contribution is 8.13. The number of nitrogens with zero attached hydrogens (tertiary/aromatic N) is 1. The second kappa shape index (κ2) is 4.33. The van der Waals surface area contributed by atoms with Gasteiger partial charge in [0.1, 0.15) is 11.9 Å². The SMILES string of the molecule is CN1C2CCC1CC1(CC(=O)OC1CS(=O)(=O)Cl)C2. The molecule has 7 heteroatoms. The normalized spacial score (nSPS) is 42.8. The third kappa shape index (κ3) is 2.38. The maximum atomic E-state index is 11.7. The molecular weight excluding hydrogens is 290 g/mol. The van der Waals surface area contributed by atoms with Gasteiger partial charge in [0, 0.05) is 28.2 Å². The lowest BCUT2D eigenvalue weighted by Crippen LogP contribution is -2.50. The number of hydrogen-bond acceptors (Lipinski definition) is 5. The van der Waals surface area contributed by atoms with Crippen LogP contribution in [0.5, 0.6) is 0 Å². The highest BCUT2D eigenvalue weighted by Crippen LogP contribution is 2.52. The molecule has 2 bridgehead atoms. The lowest BCUT2D eigenvalue weighted by atomic mass is 9.70. The fraction of sp³-hybridized carbons (Fsp3) is 0.917. The van der Waals surface area contributed by atoms with Crippen molar-refractivity contribution in [3.05, 3.63) is 0 Å². The van der Waals surface area contributed by atoms with Crippen LogP contribution in [0.1, 0.15) is 32.1 Å². The van der Waals surface area contributed by atoms with E-state index >= 15 is 0 Å². The smallest absolute Gasteiger partial charge is 0.306 e. The topological polar surface area (TPSA) is 63.7 Å². The molecular formula is C12H18ClNO4S. The van der Waals surface area contributed by atoms with Crippen molar-refractivity contribution >= 4 is 25.7 Å². The Morgan fingerprint density at radius 2 is 1.95 bits per heavy atom. The molecule has 0 aromatic rings. The zero-order chi connectivity index (χ0) is 13.8. The molecule has 0 aromatic carbocycles. The van der Waals surface area contributed by atoms with Gasteiger partial charge in [-0.3, -0.25) is 4.79 Å². The van der Waals surface area contributed by atoms with Crippen LogP contribution in [0.3, 0.4) is 0 Å². The van der Waals surface area contributed by atoms with Gasteiger partial charge in [0.25, 0.3) is 0 Å². The molecule has 3 unspecified atom stereocenters. The van der Waals surface area contributed by atoms with E-state index in [0.717, 1.165) is 25.7 Å². The second-order valence-corrected chi connectivity index (χ2v) is 9.00. The molecule has 5 nitrogen and oxygen atoms in total. The van der Waals surface area contributed by atoms with E-state index in [-0.39, 0.29) is 17.1 Å². The number of hydrogen-bond donors (Lipinski definition) is 0. The van der Waals surface area contributed by atoms with Gasteiger partial charge in [0.2, 0.25) is 9.05 Å². The van der Waals surface area contributed by atoms with E-state index in [0.29, 0.717) is 18.5 Å². The fourth-order valence-electron chi connectivity index (χ4n) is 4.13. The molecule has 3 rings (SSSR count). The van der Waals surface area contributed by atoms with E-state index in [2.05, 4.69) is 11.9 Å². The molecule has 0 amide bonds. The van der Waals surface area contributed by atoms with Crippen molar-refractivity contribution in [2.24, 2.45) is 5.41 Å². The van der Waals surface area contributed by atoms with Crippen LogP contribution in [-0.4, -0.2) is 50.3 Å². The number of cyclic esters (lactones) is 1. The van der Waals surface area contributed by atoms with Gasteiger partial charge in [-0.05, 0) is 32.7 Å². The van der Waals surface area contributed by atoms with Crippen LogP contribution in [0.15, 0.2) is 0 Å². The lowest BCUT2D eigenvalue weighted by molar-refractivity contribution is -0.141. The summed E-state index contributed by atoms with van der Waals surface area (Å²) in [4.78, 5) is 14.0. The summed E-state index contributed by atoms with van der Waals surface area (Å²) >= 11 is 0. The van der Waals surface area contributed by atoms with Gasteiger partial charge in [0.15, 0.2) is 0 Å². The molecule has 0 radical (unpaired) electrons. The van der Waals surface area contributed by atoms with Gasteiger partial charge in [-0.2, -0.15) is 0 Å². The van der Waals surface area contributed by atoms with E-state index in [1.165, 1.54) is 0 Å². The molecule has 0 aliphatic carbocycles. The summed E-state index contributed by atoms with van der Waals surface area (Å²) < 4.78 is 27.9. The number of carbonyl (C=O) groups excluding carboxylic acids is 1. The van der Waals surface area contributed by atoms with E-state index < -0.39 is 15.2 Å². The first-order valence-electron chi connectivity index (χ1n) is 6.63. The monoisotopic (exact) mass is 307 g/mol. The summed E-state index contributed by atoms with van der Waals surface area (Å²) in [6, 6.07) is 0.877. The van der Waals surface area contributed by atoms with Crippen molar-refractivity contribution in [1.29, 1.82) is 0 Å². The van der Waals surface area contributed by atoms with Gasteiger partial charge < -0.3 is 9.64 Å². The molecule has 0 saturated carbocycles. The second-order valence-electron chi connectivity index (χ2n) is 6.18. The van der Waals surface area contributed by atoms with Crippen molar-refractivity contribution in [1.82, 2.24) is 4.90 Å². The Hall–Kier alpha value is -0.330. The van der Waals surface area contributed by atoms with Crippen molar-refractivity contribution in [3.8, 4) is 0 Å². The largest absolute Gasteiger partial charge is 0.461 e. The summed E-state index contributed by atoms with van der Waals surface area (Å²) in [6.07, 6.45) is 3.69. The minimum atomic E-state index is -3.65. The van der Waals surface area contributed by atoms with Gasteiger partial charge in [-0.15, -0.1) is 0 Å². The number of ether oxygens (including phenoxy) is 1. The maximum absolute atomic E-state index is 11.7. The van der Waals surface area contributed by atoms with Crippen LogP contribution in [0, 0.1) is 5.41 Å². The molecule has 3 saturated heterocycles. The first kappa shape index (κ1) is 13.6. The highest BCUT2D eigenvalue weighted by atomic mass is 35.7. The summed E-state index contributed by atoms with van der Waals surface area (Å²) in [5.74, 6) is -0.544. The van der Waals surface area contributed by atoms with Crippen LogP contribution in [-0.2, 0) is 18.6 Å². The molecule has 19 heavy (non-hydrogen) atoms. The average Bonchev–Trinajstić information content (AvgIpc) is 2.66. The lowest BCUT2D eigenvalue weighted by Gasteiger charge is -2.44. The summed E-state index contributed by atoms with van der Waals surface area (Å²) in [5, 5.41) is 0. The van der Waals surface area contributed by atoms with Crippen molar-refractivity contribution < 1.29 is 17.9 Å². The predicted octanol–water partition coefficient (Wildman–Crippen LogP) is 1.11. The van der Waals surface area contributed by atoms with E-state index in [9.17, 15) is 13.2 Å². The first-order valence-corrected chi connectivity index (χ1v) is 9.11. The molecule has 3 fully saturated rings. The molecule has 0 aromatic heterocycles. The Labute approximate surface area is 117 Å². The predicted molar refractivity (Wildman–Crippen MR) is 70.4 cm³/mol. The van der Waals surface area contributed by atoms with Crippen LogP contribution in [0.4, 0.5) is 0 Å². The van der Waals surface area contributed by atoms with Crippen molar-refractivity contribution in [3.63, 3.8) is 0 Å². The van der Waals surface area contributed by atoms with Gasteiger partial charge in [-0.25, -0.2) is 8.42 Å². The Morgan fingerprint density at radius 3 is 2.47 bits per heavy atom. The zero-order valence-corrected chi connectivity index (χ0v) is 12.4. The molecule has 0 N–H and O–H groups in total. The number of rotatable bonds is 2. The van der Waals surface area contributed by atoms with Gasteiger partial charge >= 0.3 is 5.97 Å². The number of esters is 1. The molecule has 1 spiro atoms. The Kier molecular flexibility index (Phi) is 3.11. The molecule has 3 aliphatic heterocycles. The third-order valence-corrected chi connectivity index (χ3v) is 6.15. The fourth-order valence-corrected chi connectivity index (χ4v) is 5.26. The summed E-state index contributed by atoms with van der Waals surface area (Å²) in [5.41, 5.74) is -0.322. The summed E-state index contributed by atoms with van der Waals surface area (Å²) in [6.45, 7) is 0. The van der Waals surface area contributed by atoms with Crippen molar-refractivity contribution in [2.75, 3.05) is 12.8 Å². The average molecular weight is 308 g/mol. The molecule has 3 heterocycles. The third-order valence-electron chi connectivity index (χ3n) is 5.07. The number of fused-ring (bicyclic) bond motifs is 2. The van der Waals surface area contributed by atoms with E-state index in [1.807, 2.05) is 0 Å². The minimum absolute atomic E-state index is 0.260. The Bertz CT molecular complexity index is 492. The minimum Gasteiger partial charge on any atom is -0.461 e.